The summed E-state index contributed by atoms with van der Waals surface area (Å²) in [4.78, 5) is 26.2. The van der Waals surface area contributed by atoms with Gasteiger partial charge in [-0.1, -0.05) is 0 Å². The van der Waals surface area contributed by atoms with Crippen molar-refractivity contribution in [3.05, 3.63) is 0 Å². The van der Waals surface area contributed by atoms with E-state index in [2.05, 4.69) is 10.6 Å². The molecule has 6 nitrogen and oxygen atoms in total. The van der Waals surface area contributed by atoms with E-state index in [0.717, 1.165) is 38.6 Å². The lowest BCUT2D eigenvalue weighted by Gasteiger charge is -2.37. The molecule has 2 atom stereocenters. The van der Waals surface area contributed by atoms with E-state index >= 15 is 0 Å². The van der Waals surface area contributed by atoms with Crippen LogP contribution in [0.3, 0.4) is 0 Å². The number of piperidine rings is 1. The number of nitrogens with zero attached hydrogens (tertiary/aromatic N) is 1. The Hall–Kier alpha value is -1.30. The van der Waals surface area contributed by atoms with Crippen LogP contribution in [0.4, 0.5) is 4.79 Å². The molecule has 2 rings (SSSR count). The zero-order chi connectivity index (χ0) is 17.0. The third kappa shape index (κ3) is 6.01. The number of carbonyl (C=O) groups is 2. The fraction of sp³-hybridized carbons (Fsp3) is 0.882. The fourth-order valence-electron chi connectivity index (χ4n) is 2.73. The lowest BCUT2D eigenvalue weighted by atomic mass is 10.0. The first kappa shape index (κ1) is 18.0. The molecule has 0 aromatic carbocycles. The normalized spacial score (nSPS) is 23.3. The number of carbonyl (C=O) groups excluding carboxylic acids is 2. The fourth-order valence-corrected chi connectivity index (χ4v) is 2.73. The molecule has 1 heterocycles. The van der Waals surface area contributed by atoms with E-state index in [9.17, 15) is 9.59 Å². The van der Waals surface area contributed by atoms with Crippen LogP contribution in [0.2, 0.25) is 0 Å². The van der Waals surface area contributed by atoms with Crippen molar-refractivity contribution in [2.45, 2.75) is 83.5 Å². The summed E-state index contributed by atoms with van der Waals surface area (Å²) in [5, 5.41) is 6.27. The number of hydrogen-bond donors (Lipinski definition) is 2. The Morgan fingerprint density at radius 3 is 2.52 bits per heavy atom. The van der Waals surface area contributed by atoms with Gasteiger partial charge in [0.1, 0.15) is 5.60 Å². The highest BCUT2D eigenvalue weighted by atomic mass is 16.6. The third-order valence-corrected chi connectivity index (χ3v) is 4.23. The van der Waals surface area contributed by atoms with E-state index in [4.69, 9.17) is 4.74 Å². The highest BCUT2D eigenvalue weighted by molar-refractivity contribution is 5.81. The molecule has 23 heavy (non-hydrogen) atoms. The zero-order valence-electron chi connectivity index (χ0n) is 14.9. The molecule has 1 aliphatic carbocycles. The van der Waals surface area contributed by atoms with Crippen molar-refractivity contribution < 1.29 is 14.3 Å². The maximum absolute atomic E-state index is 12.4. The van der Waals surface area contributed by atoms with Crippen LogP contribution >= 0.6 is 0 Å². The van der Waals surface area contributed by atoms with Gasteiger partial charge in [-0.2, -0.15) is 0 Å². The van der Waals surface area contributed by atoms with Crippen molar-refractivity contribution in [2.75, 3.05) is 13.1 Å². The Labute approximate surface area is 139 Å². The first-order valence-corrected chi connectivity index (χ1v) is 8.79. The molecule has 2 aliphatic rings. The van der Waals surface area contributed by atoms with Crippen molar-refractivity contribution >= 4 is 12.0 Å². The number of likely N-dealkylation sites (tertiary alicyclic amines) is 1. The summed E-state index contributed by atoms with van der Waals surface area (Å²) >= 11 is 0. The molecule has 2 N–H and O–H groups in total. The molecule has 0 radical (unpaired) electrons. The minimum atomic E-state index is -0.482. The van der Waals surface area contributed by atoms with Crippen LogP contribution in [0, 0.1) is 0 Å². The topological polar surface area (TPSA) is 70.7 Å². The molecular weight excluding hydrogens is 294 g/mol. The van der Waals surface area contributed by atoms with Gasteiger partial charge in [-0.05, 0) is 59.8 Å². The monoisotopic (exact) mass is 325 g/mol. The van der Waals surface area contributed by atoms with Crippen LogP contribution in [-0.2, 0) is 9.53 Å². The molecule has 0 aromatic rings. The number of hydrogen-bond acceptors (Lipinski definition) is 4. The van der Waals surface area contributed by atoms with Gasteiger partial charge in [0.05, 0.1) is 6.04 Å². The Balaban J connectivity index is 1.82. The molecule has 2 unspecified atom stereocenters. The Kier molecular flexibility index (Phi) is 5.89. The van der Waals surface area contributed by atoms with Crippen LogP contribution in [0.5, 0.6) is 0 Å². The molecule has 6 heteroatoms. The van der Waals surface area contributed by atoms with Gasteiger partial charge in [0, 0.05) is 25.2 Å². The summed E-state index contributed by atoms with van der Waals surface area (Å²) in [5.74, 6) is 0.0483. The van der Waals surface area contributed by atoms with Gasteiger partial charge in [-0.25, -0.2) is 4.79 Å². The summed E-state index contributed by atoms with van der Waals surface area (Å²) in [7, 11) is 0. The molecule has 0 aromatic heterocycles. The van der Waals surface area contributed by atoms with Gasteiger partial charge in [0.15, 0.2) is 0 Å². The largest absolute Gasteiger partial charge is 0.444 e. The smallest absolute Gasteiger partial charge is 0.410 e. The SMILES string of the molecule is CC(NCC1CCCCN1C(=O)OC(C)(C)C)C(=O)NC1CC1. The van der Waals surface area contributed by atoms with E-state index in [1.807, 2.05) is 32.6 Å². The van der Waals surface area contributed by atoms with E-state index in [1.165, 1.54) is 0 Å². The highest BCUT2D eigenvalue weighted by Crippen LogP contribution is 2.20. The number of ether oxygens (including phenoxy) is 1. The number of amides is 2. The zero-order valence-corrected chi connectivity index (χ0v) is 14.9. The Bertz CT molecular complexity index is 429. The Morgan fingerprint density at radius 2 is 1.91 bits per heavy atom. The van der Waals surface area contributed by atoms with Crippen molar-refractivity contribution in [1.29, 1.82) is 0 Å². The standard InChI is InChI=1S/C17H31N3O3/c1-12(15(21)19-13-8-9-13)18-11-14-7-5-6-10-20(14)16(22)23-17(2,3)4/h12-14,18H,5-11H2,1-4H3,(H,19,21). The van der Waals surface area contributed by atoms with Crippen molar-refractivity contribution in [2.24, 2.45) is 0 Å². The van der Waals surface area contributed by atoms with Crippen molar-refractivity contribution in [1.82, 2.24) is 15.5 Å². The lowest BCUT2D eigenvalue weighted by Crippen LogP contribution is -2.53. The maximum Gasteiger partial charge on any atom is 0.410 e. The quantitative estimate of drug-likeness (QED) is 0.811. The first-order chi connectivity index (χ1) is 10.8. The molecule has 0 spiro atoms. The van der Waals surface area contributed by atoms with Crippen LogP contribution in [0.15, 0.2) is 0 Å². The third-order valence-electron chi connectivity index (χ3n) is 4.23. The predicted octanol–water partition coefficient (Wildman–Crippen LogP) is 2.03. The molecule has 1 aliphatic heterocycles. The van der Waals surface area contributed by atoms with E-state index in [-0.39, 0.29) is 24.1 Å². The molecule has 1 saturated carbocycles. The molecule has 132 valence electrons. The average molecular weight is 325 g/mol. The minimum absolute atomic E-state index is 0.0483. The number of rotatable bonds is 5. The molecule has 1 saturated heterocycles. The van der Waals surface area contributed by atoms with Crippen LogP contribution < -0.4 is 10.6 Å². The molecule has 2 fully saturated rings. The van der Waals surface area contributed by atoms with Crippen LogP contribution in [0.1, 0.15) is 59.8 Å². The minimum Gasteiger partial charge on any atom is -0.444 e. The first-order valence-electron chi connectivity index (χ1n) is 8.79. The lowest BCUT2D eigenvalue weighted by molar-refractivity contribution is -0.122. The second-order valence-corrected chi connectivity index (χ2v) is 7.74. The summed E-state index contributed by atoms with van der Waals surface area (Å²) in [5.41, 5.74) is -0.482. The van der Waals surface area contributed by atoms with Gasteiger partial charge in [-0.3, -0.25) is 4.79 Å². The van der Waals surface area contributed by atoms with Gasteiger partial charge in [0.2, 0.25) is 5.91 Å². The second kappa shape index (κ2) is 7.51. The van der Waals surface area contributed by atoms with Crippen LogP contribution in [-0.4, -0.2) is 53.7 Å². The predicted molar refractivity (Wildman–Crippen MR) is 89.2 cm³/mol. The van der Waals surface area contributed by atoms with Crippen molar-refractivity contribution in [3.63, 3.8) is 0 Å². The van der Waals surface area contributed by atoms with Gasteiger partial charge < -0.3 is 20.3 Å². The van der Waals surface area contributed by atoms with E-state index in [1.54, 1.807) is 0 Å². The summed E-state index contributed by atoms with van der Waals surface area (Å²) in [6.07, 6.45) is 4.99. The van der Waals surface area contributed by atoms with E-state index in [0.29, 0.717) is 12.6 Å². The summed E-state index contributed by atoms with van der Waals surface area (Å²) in [6, 6.07) is 0.229. The van der Waals surface area contributed by atoms with E-state index < -0.39 is 5.60 Å². The molecule has 2 amide bonds. The van der Waals surface area contributed by atoms with Gasteiger partial charge in [-0.15, -0.1) is 0 Å². The molecule has 0 bridgehead atoms. The summed E-state index contributed by atoms with van der Waals surface area (Å²) < 4.78 is 5.50. The van der Waals surface area contributed by atoms with Crippen LogP contribution in [0.25, 0.3) is 0 Å². The van der Waals surface area contributed by atoms with Gasteiger partial charge in [0.25, 0.3) is 0 Å². The average Bonchev–Trinajstić information content (AvgIpc) is 3.27. The van der Waals surface area contributed by atoms with Gasteiger partial charge >= 0.3 is 6.09 Å². The van der Waals surface area contributed by atoms with Crippen molar-refractivity contribution in [3.8, 4) is 0 Å². The molecular formula is C17H31N3O3. The summed E-state index contributed by atoms with van der Waals surface area (Å²) in [6.45, 7) is 8.87. The Morgan fingerprint density at radius 1 is 1.22 bits per heavy atom. The maximum atomic E-state index is 12.4. The second-order valence-electron chi connectivity index (χ2n) is 7.74. The number of nitrogens with one attached hydrogen (secondary N) is 2. The highest BCUT2D eigenvalue weighted by Gasteiger charge is 2.31.